The van der Waals surface area contributed by atoms with Gasteiger partial charge in [-0.3, -0.25) is 0 Å². The Morgan fingerprint density at radius 3 is 1.92 bits per heavy atom. The fourth-order valence-corrected chi connectivity index (χ4v) is 3.48. The van der Waals surface area contributed by atoms with Gasteiger partial charge in [0.15, 0.2) is 0 Å². The molecule has 0 aliphatic rings. The van der Waals surface area contributed by atoms with E-state index in [4.69, 9.17) is 19.1 Å². The molecule has 1 nitrogen and oxygen atoms in total. The average molecular weight is 330 g/mol. The van der Waals surface area contributed by atoms with Crippen molar-refractivity contribution < 1.29 is 13.0 Å². The van der Waals surface area contributed by atoms with Crippen molar-refractivity contribution in [2.45, 2.75) is 0 Å². The summed E-state index contributed by atoms with van der Waals surface area (Å²) < 4.78 is 1.03. The zero-order valence-electron chi connectivity index (χ0n) is 7.41. The van der Waals surface area contributed by atoms with E-state index in [0.717, 1.165) is 9.72 Å². The van der Waals surface area contributed by atoms with E-state index in [1.807, 2.05) is 43.3 Å². The maximum atomic E-state index is 6.06. The predicted molar refractivity (Wildman–Crippen MR) is 61.8 cm³/mol. The predicted octanol–water partition coefficient (Wildman–Crippen LogP) is 2.63. The van der Waals surface area contributed by atoms with Crippen molar-refractivity contribution in [1.29, 1.82) is 0 Å². The van der Waals surface area contributed by atoms with Crippen LogP contribution in [0.5, 0.6) is 0 Å². The molecule has 1 aromatic carbocycles. The fourth-order valence-electron chi connectivity index (χ4n) is 0.869. The zero-order valence-corrected chi connectivity index (χ0v) is 11.6. The molecule has 0 saturated carbocycles. The van der Waals surface area contributed by atoms with Crippen LogP contribution in [0.3, 0.4) is 0 Å². The van der Waals surface area contributed by atoms with E-state index in [2.05, 4.69) is 7.43 Å². The van der Waals surface area contributed by atoms with Gasteiger partial charge in [-0.15, -0.1) is 0 Å². The number of anilines is 1. The summed E-state index contributed by atoms with van der Waals surface area (Å²) in [5.41, 5.74) is 1.15. The number of nitrogens with zero attached hydrogens (tertiary/aromatic N) is 1. The van der Waals surface area contributed by atoms with Gasteiger partial charge in [0, 0.05) is 0 Å². The third kappa shape index (κ3) is 3.39. The van der Waals surface area contributed by atoms with E-state index in [-0.39, 0.29) is 0 Å². The molecule has 0 bridgehead atoms. The molecule has 0 heterocycles. The first-order valence-corrected chi connectivity index (χ1v) is 11.4. The first-order chi connectivity index (χ1) is 5.91. The summed E-state index contributed by atoms with van der Waals surface area (Å²) in [5, 5.41) is 0. The molecule has 1 aromatic rings. The molecule has 0 N–H and O–H groups in total. The van der Waals surface area contributed by atoms with Gasteiger partial charge in [-0.05, 0) is 0 Å². The van der Waals surface area contributed by atoms with Crippen molar-refractivity contribution in [1.82, 2.24) is 0 Å². The monoisotopic (exact) mass is 329 g/mol. The van der Waals surface area contributed by atoms with E-state index >= 15 is 0 Å². The van der Waals surface area contributed by atoms with Crippen LogP contribution in [0.25, 0.3) is 0 Å². The Hall–Kier alpha value is 0.692. The first-order valence-electron chi connectivity index (χ1n) is 3.52. The normalized spacial score (nSPS) is 12.7. The van der Waals surface area contributed by atoms with Crippen LogP contribution in [0, 0.1) is 0 Å². The number of hydrogen-bond acceptors (Lipinski definition) is 1. The Labute approximate surface area is 92.1 Å². The summed E-state index contributed by atoms with van der Waals surface area (Å²) in [7, 11) is 18.7. The second kappa shape index (κ2) is 4.47. The summed E-state index contributed by atoms with van der Waals surface area (Å²) in [6, 6.07) is 8.02. The van der Waals surface area contributed by atoms with E-state index in [9.17, 15) is 0 Å². The molecule has 0 aliphatic carbocycles. The van der Waals surface area contributed by atoms with Crippen LogP contribution in [-0.4, -0.2) is 14.1 Å². The van der Waals surface area contributed by atoms with Gasteiger partial charge in [-0.2, -0.15) is 0 Å². The molecule has 1 rings (SSSR count). The molecule has 0 fully saturated rings. The minimum absolute atomic E-state index is 1.03. The summed E-state index contributed by atoms with van der Waals surface area (Å²) in [6.45, 7) is 0. The molecule has 78 valence electrons. The van der Waals surface area contributed by atoms with E-state index < -0.39 is 13.0 Å². The van der Waals surface area contributed by atoms with Crippen molar-refractivity contribution in [2.75, 3.05) is 19.0 Å². The summed E-state index contributed by atoms with van der Waals surface area (Å²) in [5.74, 6) is 0. The molecule has 0 spiro atoms. The van der Waals surface area contributed by atoms with Crippen LogP contribution in [0.2, 0.25) is 0 Å². The summed E-state index contributed by atoms with van der Waals surface area (Å²) in [6.07, 6.45) is 0. The third-order valence-electron chi connectivity index (χ3n) is 1.57. The Morgan fingerprint density at radius 1 is 1.15 bits per heavy atom. The number of benzene rings is 1. The van der Waals surface area contributed by atoms with Crippen molar-refractivity contribution in [3.8, 4) is 0 Å². The van der Waals surface area contributed by atoms with Crippen molar-refractivity contribution in [3.63, 3.8) is 0 Å². The van der Waals surface area contributed by atoms with Crippen LogP contribution in [0.1, 0.15) is 0 Å². The van der Waals surface area contributed by atoms with Crippen molar-refractivity contribution in [2.24, 2.45) is 0 Å². The van der Waals surface area contributed by atoms with Gasteiger partial charge in [0.1, 0.15) is 0 Å². The SMILES string of the molecule is CN(C)c1cc[c]([Pd]([PH2])([Cl])[Cl])cc1. The molecule has 13 heavy (non-hydrogen) atoms. The van der Waals surface area contributed by atoms with E-state index in [1.54, 1.807) is 0 Å². The van der Waals surface area contributed by atoms with Gasteiger partial charge in [0.25, 0.3) is 0 Å². The van der Waals surface area contributed by atoms with Gasteiger partial charge in [0.05, 0.1) is 0 Å². The zero-order chi connectivity index (χ0) is 10.1. The van der Waals surface area contributed by atoms with Crippen LogP contribution < -0.4 is 8.94 Å². The maximum absolute atomic E-state index is 6.06. The van der Waals surface area contributed by atoms with Gasteiger partial charge in [0.2, 0.25) is 0 Å². The molecular formula is C8H12Cl2NPPd. The van der Waals surface area contributed by atoms with Crippen molar-refractivity contribution in [3.05, 3.63) is 24.3 Å². The standard InChI is InChI=1S/C8H10N.2ClH.H2P.Pd/c1-9(2)8-6-4-3-5-7-8;;;;/h4-7H,1-2H3;2*1H;1H2;/q;;;-1;+3/p-2. The molecule has 0 amide bonds. The van der Waals surface area contributed by atoms with Gasteiger partial charge in [-0.25, -0.2) is 0 Å². The molecule has 5 heteroatoms. The molecule has 0 aliphatic heterocycles. The molecule has 0 saturated heterocycles. The second-order valence-electron chi connectivity index (χ2n) is 2.73. The molecule has 1 unspecified atom stereocenters. The molecule has 1 atom stereocenters. The number of hydrogen-bond donors (Lipinski definition) is 0. The topological polar surface area (TPSA) is 3.24 Å². The van der Waals surface area contributed by atoms with Gasteiger partial charge >= 0.3 is 92.5 Å². The number of rotatable bonds is 2. The van der Waals surface area contributed by atoms with E-state index in [0.29, 0.717) is 0 Å². The van der Waals surface area contributed by atoms with Crippen LogP contribution in [0.4, 0.5) is 5.69 Å². The Morgan fingerprint density at radius 2 is 1.62 bits per heavy atom. The number of halogens is 2. The van der Waals surface area contributed by atoms with Gasteiger partial charge in [-0.1, -0.05) is 0 Å². The Balaban J connectivity index is 2.94. The second-order valence-corrected chi connectivity index (χ2v) is 16.7. The third-order valence-corrected chi connectivity index (χ3v) is 6.16. The summed E-state index contributed by atoms with van der Waals surface area (Å²) >= 11 is -2.36. The fraction of sp³-hybridized carbons (Fsp3) is 0.250. The van der Waals surface area contributed by atoms with Gasteiger partial charge < -0.3 is 0 Å². The van der Waals surface area contributed by atoms with E-state index in [1.165, 1.54) is 0 Å². The quantitative estimate of drug-likeness (QED) is 0.595. The molecule has 0 aromatic heterocycles. The Kier molecular flexibility index (Phi) is 4.05. The van der Waals surface area contributed by atoms with Crippen LogP contribution in [0.15, 0.2) is 24.3 Å². The average Bonchev–Trinajstić information content (AvgIpc) is 2.03. The molecule has 0 radical (unpaired) electrons. The van der Waals surface area contributed by atoms with Crippen LogP contribution >= 0.6 is 26.5 Å². The van der Waals surface area contributed by atoms with Crippen LogP contribution in [-0.2, 0) is 13.0 Å². The first kappa shape index (κ1) is 11.8. The Bertz CT molecular complexity index is 281. The summed E-state index contributed by atoms with van der Waals surface area (Å²) in [4.78, 5) is 2.04. The minimum atomic E-state index is -2.36. The molecular weight excluding hydrogens is 318 g/mol. The van der Waals surface area contributed by atoms with Crippen molar-refractivity contribution >= 4 is 36.2 Å².